The van der Waals surface area contributed by atoms with Crippen molar-refractivity contribution in [2.45, 2.75) is 12.0 Å². The van der Waals surface area contributed by atoms with Gasteiger partial charge in [-0.1, -0.05) is 115 Å². The van der Waals surface area contributed by atoms with E-state index < -0.39 is 5.54 Å². The van der Waals surface area contributed by atoms with Crippen LogP contribution in [0, 0.1) is 0 Å². The molecule has 5 aromatic rings. The van der Waals surface area contributed by atoms with E-state index in [-0.39, 0.29) is 0 Å². The summed E-state index contributed by atoms with van der Waals surface area (Å²) in [6.07, 6.45) is 9.15. The highest BCUT2D eigenvalue weighted by Gasteiger charge is 2.27. The van der Waals surface area contributed by atoms with Gasteiger partial charge in [0.25, 0.3) is 0 Å². The predicted molar refractivity (Wildman–Crippen MR) is 153 cm³/mol. The van der Waals surface area contributed by atoms with Gasteiger partial charge in [0.05, 0.1) is 11.2 Å². The number of allylic oxidation sites excluding steroid dienone is 2. The van der Waals surface area contributed by atoms with E-state index in [1.54, 1.807) is 0 Å². The van der Waals surface area contributed by atoms with E-state index in [1.807, 2.05) is 6.08 Å². The van der Waals surface area contributed by atoms with Crippen LogP contribution in [-0.4, -0.2) is 0 Å². The Balaban J connectivity index is 1.45. The van der Waals surface area contributed by atoms with Crippen molar-refractivity contribution in [3.63, 3.8) is 0 Å². The maximum atomic E-state index is 6.86. The van der Waals surface area contributed by atoms with Crippen molar-refractivity contribution in [3.05, 3.63) is 151 Å². The lowest BCUT2D eigenvalue weighted by molar-refractivity contribution is 0.567. The standard InChI is InChI=1S/C34H28N2/c35-34(24-9-2-10-25-34)32-18-8-7-16-30(32)27-20-22-29(23-21-27)36(28-14-3-1-4-15-28)33-19-11-13-26-12-5-6-17-31(26)33/h1-24H,25,35H2. The summed E-state index contributed by atoms with van der Waals surface area (Å²) in [5, 5.41) is 2.45. The van der Waals surface area contributed by atoms with Gasteiger partial charge in [0.1, 0.15) is 0 Å². The molecular formula is C34H28N2. The second-order valence-corrected chi connectivity index (χ2v) is 9.29. The van der Waals surface area contributed by atoms with Crippen LogP contribution in [0.4, 0.5) is 17.1 Å². The molecule has 2 nitrogen and oxygen atoms in total. The number of rotatable bonds is 5. The zero-order valence-electron chi connectivity index (χ0n) is 20.1. The number of para-hydroxylation sites is 1. The number of nitrogens with zero attached hydrogens (tertiary/aromatic N) is 1. The normalized spacial score (nSPS) is 16.8. The van der Waals surface area contributed by atoms with E-state index >= 15 is 0 Å². The monoisotopic (exact) mass is 464 g/mol. The van der Waals surface area contributed by atoms with Crippen LogP contribution in [0.1, 0.15) is 12.0 Å². The highest BCUT2D eigenvalue weighted by atomic mass is 15.1. The average molecular weight is 465 g/mol. The highest BCUT2D eigenvalue weighted by molar-refractivity contribution is 5.99. The van der Waals surface area contributed by atoms with Gasteiger partial charge >= 0.3 is 0 Å². The molecule has 0 aliphatic heterocycles. The summed E-state index contributed by atoms with van der Waals surface area (Å²) in [6.45, 7) is 0. The van der Waals surface area contributed by atoms with E-state index in [9.17, 15) is 0 Å². The smallest absolute Gasteiger partial charge is 0.0639 e. The third kappa shape index (κ3) is 4.02. The average Bonchev–Trinajstić information content (AvgIpc) is 2.95. The lowest BCUT2D eigenvalue weighted by Gasteiger charge is -2.30. The van der Waals surface area contributed by atoms with E-state index in [0.29, 0.717) is 0 Å². The Morgan fingerprint density at radius 2 is 1.31 bits per heavy atom. The van der Waals surface area contributed by atoms with Gasteiger partial charge in [-0.2, -0.15) is 0 Å². The summed E-state index contributed by atoms with van der Waals surface area (Å²) in [5.41, 5.74) is 13.2. The molecule has 0 radical (unpaired) electrons. The van der Waals surface area contributed by atoms with E-state index in [2.05, 4.69) is 144 Å². The topological polar surface area (TPSA) is 29.3 Å². The zero-order chi connectivity index (χ0) is 24.4. The molecule has 0 bridgehead atoms. The third-order valence-electron chi connectivity index (χ3n) is 6.98. The molecule has 0 saturated carbocycles. The van der Waals surface area contributed by atoms with Crippen LogP contribution < -0.4 is 10.6 Å². The molecule has 174 valence electrons. The molecular weight excluding hydrogens is 436 g/mol. The van der Waals surface area contributed by atoms with Gasteiger partial charge in [-0.25, -0.2) is 0 Å². The summed E-state index contributed by atoms with van der Waals surface area (Å²) in [6, 6.07) is 42.9. The van der Waals surface area contributed by atoms with Gasteiger partial charge in [-0.05, 0) is 58.8 Å². The maximum Gasteiger partial charge on any atom is 0.0639 e. The van der Waals surface area contributed by atoms with Gasteiger partial charge < -0.3 is 10.6 Å². The molecule has 1 aliphatic rings. The number of nitrogens with two attached hydrogens (primary N) is 1. The fraction of sp³-hybridized carbons (Fsp3) is 0.0588. The highest BCUT2D eigenvalue weighted by Crippen LogP contribution is 2.40. The number of benzene rings is 5. The quantitative estimate of drug-likeness (QED) is 0.282. The number of fused-ring (bicyclic) bond motifs is 1. The fourth-order valence-corrected chi connectivity index (χ4v) is 5.18. The van der Waals surface area contributed by atoms with Gasteiger partial charge in [0.2, 0.25) is 0 Å². The Morgan fingerprint density at radius 3 is 2.11 bits per heavy atom. The molecule has 2 heteroatoms. The molecule has 0 amide bonds. The van der Waals surface area contributed by atoms with Gasteiger partial charge in [0, 0.05) is 16.8 Å². The molecule has 0 saturated heterocycles. The molecule has 0 heterocycles. The Labute approximate surface area is 212 Å². The fourth-order valence-electron chi connectivity index (χ4n) is 5.18. The first-order chi connectivity index (χ1) is 17.7. The molecule has 2 N–H and O–H groups in total. The van der Waals surface area contributed by atoms with Crippen molar-refractivity contribution in [1.82, 2.24) is 0 Å². The van der Waals surface area contributed by atoms with Crippen molar-refractivity contribution in [2.24, 2.45) is 5.73 Å². The van der Waals surface area contributed by atoms with Crippen molar-refractivity contribution in [3.8, 4) is 11.1 Å². The van der Waals surface area contributed by atoms with Gasteiger partial charge in [-0.15, -0.1) is 0 Å². The van der Waals surface area contributed by atoms with E-state index in [4.69, 9.17) is 5.73 Å². The predicted octanol–water partition coefficient (Wildman–Crippen LogP) is 8.65. The van der Waals surface area contributed by atoms with E-state index in [1.165, 1.54) is 16.3 Å². The molecule has 1 atom stereocenters. The second kappa shape index (κ2) is 9.33. The van der Waals surface area contributed by atoms with Crippen LogP contribution in [0.15, 0.2) is 146 Å². The molecule has 5 aromatic carbocycles. The molecule has 0 fully saturated rings. The van der Waals surface area contributed by atoms with Crippen molar-refractivity contribution in [1.29, 1.82) is 0 Å². The number of anilines is 3. The number of hydrogen-bond donors (Lipinski definition) is 1. The minimum atomic E-state index is -0.497. The Morgan fingerprint density at radius 1 is 0.611 bits per heavy atom. The summed E-state index contributed by atoms with van der Waals surface area (Å²) >= 11 is 0. The minimum absolute atomic E-state index is 0.497. The summed E-state index contributed by atoms with van der Waals surface area (Å²) in [4.78, 5) is 2.33. The third-order valence-corrected chi connectivity index (χ3v) is 6.98. The van der Waals surface area contributed by atoms with Crippen LogP contribution in [0.2, 0.25) is 0 Å². The SMILES string of the molecule is NC1(c2ccccc2-c2ccc(N(c3ccccc3)c3cccc4ccccc34)cc2)C=CC=CC1. The Hall–Kier alpha value is -4.40. The molecule has 1 aliphatic carbocycles. The molecule has 36 heavy (non-hydrogen) atoms. The summed E-state index contributed by atoms with van der Waals surface area (Å²) in [5.74, 6) is 0. The first-order valence-corrected chi connectivity index (χ1v) is 12.4. The lowest BCUT2D eigenvalue weighted by Crippen LogP contribution is -2.35. The van der Waals surface area contributed by atoms with Crippen LogP contribution in [0.25, 0.3) is 21.9 Å². The first-order valence-electron chi connectivity index (χ1n) is 12.4. The summed E-state index contributed by atoms with van der Waals surface area (Å²) in [7, 11) is 0. The van der Waals surface area contributed by atoms with Crippen LogP contribution in [0.3, 0.4) is 0 Å². The molecule has 6 rings (SSSR count). The molecule has 1 unspecified atom stereocenters. The largest absolute Gasteiger partial charge is 0.318 e. The van der Waals surface area contributed by atoms with Gasteiger partial charge in [-0.3, -0.25) is 0 Å². The summed E-state index contributed by atoms with van der Waals surface area (Å²) < 4.78 is 0. The maximum absolute atomic E-state index is 6.86. The lowest BCUT2D eigenvalue weighted by atomic mass is 9.81. The van der Waals surface area contributed by atoms with Crippen molar-refractivity contribution in [2.75, 3.05) is 4.90 Å². The van der Waals surface area contributed by atoms with Crippen LogP contribution >= 0.6 is 0 Å². The van der Waals surface area contributed by atoms with Crippen LogP contribution in [-0.2, 0) is 5.54 Å². The molecule has 0 aromatic heterocycles. The van der Waals surface area contributed by atoms with E-state index in [0.717, 1.165) is 34.6 Å². The number of hydrogen-bond acceptors (Lipinski definition) is 2. The van der Waals surface area contributed by atoms with Gasteiger partial charge in [0.15, 0.2) is 0 Å². The zero-order valence-corrected chi connectivity index (χ0v) is 20.1. The van der Waals surface area contributed by atoms with Crippen molar-refractivity contribution < 1.29 is 0 Å². The van der Waals surface area contributed by atoms with Crippen LogP contribution in [0.5, 0.6) is 0 Å². The minimum Gasteiger partial charge on any atom is -0.318 e. The first kappa shape index (κ1) is 22.1. The Kier molecular flexibility index (Phi) is 5.73. The van der Waals surface area contributed by atoms with Crippen molar-refractivity contribution >= 4 is 27.8 Å². The Bertz CT molecular complexity index is 1560. The molecule has 0 spiro atoms. The second-order valence-electron chi connectivity index (χ2n) is 9.29.